The fourth-order valence-electron chi connectivity index (χ4n) is 5.66. The third kappa shape index (κ3) is 4.28. The number of carboxylic acids is 1. The predicted octanol–water partition coefficient (Wildman–Crippen LogP) is 4.65. The van der Waals surface area contributed by atoms with Crippen molar-refractivity contribution < 1.29 is 24.2 Å². The van der Waals surface area contributed by atoms with Gasteiger partial charge in [-0.2, -0.15) is 0 Å². The molecule has 2 aromatic carbocycles. The molecule has 0 aromatic heterocycles. The van der Waals surface area contributed by atoms with E-state index in [1.54, 1.807) is 0 Å². The summed E-state index contributed by atoms with van der Waals surface area (Å²) in [7, 11) is 0. The van der Waals surface area contributed by atoms with E-state index in [-0.39, 0.29) is 25.0 Å². The Morgan fingerprint density at radius 1 is 1.03 bits per heavy atom. The smallest absolute Gasteiger partial charge is 0.407 e. The number of likely N-dealkylation sites (tertiary alicyclic amines) is 1. The highest BCUT2D eigenvalue weighted by atomic mass is 16.5. The fourth-order valence-corrected chi connectivity index (χ4v) is 5.66. The Morgan fingerprint density at radius 3 is 2.06 bits per heavy atom. The Balaban J connectivity index is 1.41. The summed E-state index contributed by atoms with van der Waals surface area (Å²) < 4.78 is 5.63. The minimum atomic E-state index is -1.000. The van der Waals surface area contributed by atoms with Crippen LogP contribution in [0.2, 0.25) is 0 Å². The average Bonchev–Trinajstić information content (AvgIpc) is 3.15. The molecule has 1 saturated heterocycles. The van der Waals surface area contributed by atoms with Gasteiger partial charge in [0, 0.05) is 24.4 Å². The van der Waals surface area contributed by atoms with Crippen LogP contribution in [0.1, 0.15) is 57.6 Å². The van der Waals surface area contributed by atoms with E-state index in [9.17, 15) is 19.5 Å². The number of carboxylic acid groups (broad SMARTS) is 1. The highest BCUT2D eigenvalue weighted by molar-refractivity contribution is 5.90. The van der Waals surface area contributed by atoms with Crippen LogP contribution in [0.15, 0.2) is 48.5 Å². The van der Waals surface area contributed by atoms with E-state index < -0.39 is 28.9 Å². The number of hydrogen-bond donors (Lipinski definition) is 2. The first-order valence-electron chi connectivity index (χ1n) is 12.3. The van der Waals surface area contributed by atoms with Crippen molar-refractivity contribution in [2.45, 2.75) is 52.5 Å². The molecule has 2 aliphatic rings. The molecule has 7 heteroatoms. The summed E-state index contributed by atoms with van der Waals surface area (Å²) in [5.41, 5.74) is 3.22. The van der Waals surface area contributed by atoms with Crippen LogP contribution in [0, 0.1) is 10.8 Å². The number of ether oxygens (including phenoxy) is 1. The van der Waals surface area contributed by atoms with Gasteiger partial charge in [0.25, 0.3) is 0 Å². The van der Waals surface area contributed by atoms with Gasteiger partial charge < -0.3 is 20.1 Å². The molecule has 1 heterocycles. The number of benzene rings is 2. The van der Waals surface area contributed by atoms with Gasteiger partial charge in [-0.05, 0) is 35.1 Å². The van der Waals surface area contributed by atoms with Crippen LogP contribution in [0.4, 0.5) is 4.79 Å². The van der Waals surface area contributed by atoms with Crippen LogP contribution in [0.3, 0.4) is 0 Å². The first-order chi connectivity index (χ1) is 16.6. The zero-order valence-electron chi connectivity index (χ0n) is 20.8. The fraction of sp³-hybridized carbons (Fsp3) is 0.464. The number of carbonyl (C=O) groups excluding carboxylic acids is 2. The molecule has 0 saturated carbocycles. The second-order valence-corrected chi connectivity index (χ2v) is 10.3. The summed E-state index contributed by atoms with van der Waals surface area (Å²) in [5.74, 6) is -1.27. The predicted molar refractivity (Wildman–Crippen MR) is 133 cm³/mol. The summed E-state index contributed by atoms with van der Waals surface area (Å²) in [5, 5.41) is 12.4. The van der Waals surface area contributed by atoms with Crippen LogP contribution < -0.4 is 5.32 Å². The summed E-state index contributed by atoms with van der Waals surface area (Å²) in [6.45, 7) is 8.16. The molecule has 2 aromatic rings. The summed E-state index contributed by atoms with van der Waals surface area (Å²) in [4.78, 5) is 39.4. The Bertz CT molecular complexity index is 1090. The number of fused-ring (bicyclic) bond motifs is 3. The summed E-state index contributed by atoms with van der Waals surface area (Å²) in [6, 6.07) is 15.4. The second-order valence-electron chi connectivity index (χ2n) is 10.3. The maximum Gasteiger partial charge on any atom is 0.407 e. The molecule has 7 nitrogen and oxygen atoms in total. The van der Waals surface area contributed by atoms with Gasteiger partial charge in [-0.15, -0.1) is 0 Å². The van der Waals surface area contributed by atoms with E-state index in [0.717, 1.165) is 22.3 Å². The van der Waals surface area contributed by atoms with Gasteiger partial charge in [0.05, 0.1) is 5.41 Å². The van der Waals surface area contributed by atoms with Gasteiger partial charge in [-0.3, -0.25) is 4.79 Å². The Labute approximate surface area is 206 Å². The van der Waals surface area contributed by atoms with Crippen molar-refractivity contribution in [1.82, 2.24) is 10.2 Å². The highest BCUT2D eigenvalue weighted by Gasteiger charge is 2.55. The van der Waals surface area contributed by atoms with Crippen molar-refractivity contribution in [2.24, 2.45) is 10.8 Å². The molecule has 2 N–H and O–H groups in total. The van der Waals surface area contributed by atoms with Crippen LogP contribution in [0.5, 0.6) is 0 Å². The molecule has 186 valence electrons. The molecule has 1 aliphatic heterocycles. The molecule has 35 heavy (non-hydrogen) atoms. The first kappa shape index (κ1) is 24.8. The number of aliphatic carboxylic acids is 1. The van der Waals surface area contributed by atoms with E-state index in [4.69, 9.17) is 4.74 Å². The van der Waals surface area contributed by atoms with Crippen molar-refractivity contribution in [2.75, 3.05) is 19.7 Å². The van der Waals surface area contributed by atoms with E-state index in [0.29, 0.717) is 19.4 Å². The van der Waals surface area contributed by atoms with Crippen LogP contribution in [-0.2, 0) is 14.3 Å². The molecule has 0 bridgehead atoms. The molecule has 1 unspecified atom stereocenters. The Kier molecular flexibility index (Phi) is 6.62. The number of nitrogens with one attached hydrogen (secondary N) is 1. The van der Waals surface area contributed by atoms with Gasteiger partial charge in [-0.25, -0.2) is 9.59 Å². The molecular formula is C28H34N2O5. The zero-order valence-corrected chi connectivity index (χ0v) is 20.8. The van der Waals surface area contributed by atoms with Crippen molar-refractivity contribution in [3.63, 3.8) is 0 Å². The van der Waals surface area contributed by atoms with Gasteiger partial charge >= 0.3 is 12.1 Å². The molecular weight excluding hydrogens is 444 g/mol. The Morgan fingerprint density at radius 2 is 1.57 bits per heavy atom. The molecule has 1 fully saturated rings. The third-order valence-corrected chi connectivity index (χ3v) is 7.85. The lowest BCUT2D eigenvalue weighted by molar-refractivity contribution is -0.178. The van der Waals surface area contributed by atoms with Crippen molar-refractivity contribution >= 4 is 18.0 Å². The topological polar surface area (TPSA) is 95.9 Å². The van der Waals surface area contributed by atoms with Gasteiger partial charge in [0.2, 0.25) is 5.91 Å². The monoisotopic (exact) mass is 478 g/mol. The van der Waals surface area contributed by atoms with Crippen molar-refractivity contribution in [1.29, 1.82) is 0 Å². The quantitative estimate of drug-likeness (QED) is 0.576. The lowest BCUT2D eigenvalue weighted by Gasteiger charge is -2.54. The van der Waals surface area contributed by atoms with E-state index >= 15 is 0 Å². The number of hydrogen-bond acceptors (Lipinski definition) is 4. The molecule has 0 radical (unpaired) electrons. The maximum atomic E-state index is 13.4. The number of alkyl carbamates (subject to hydrolysis) is 1. The van der Waals surface area contributed by atoms with Crippen molar-refractivity contribution in [3.8, 4) is 11.1 Å². The average molecular weight is 479 g/mol. The van der Waals surface area contributed by atoms with Crippen LogP contribution >= 0.6 is 0 Å². The van der Waals surface area contributed by atoms with E-state index in [2.05, 4.69) is 29.6 Å². The van der Waals surface area contributed by atoms with E-state index in [1.807, 2.05) is 52.0 Å². The number of nitrogens with zero attached hydrogens (tertiary/aromatic N) is 1. The standard InChI is InChI=1S/C28H34N2O5/c1-5-28(6-2,25(33)30-17-27(3,4)23(30)24(31)32)16-29-26(34)35-15-22-20-13-9-7-11-18(20)19-12-8-10-14-21(19)22/h7-14,22-23H,5-6,15-17H2,1-4H3,(H,29,34)(H,31,32). The molecule has 0 spiro atoms. The van der Waals surface area contributed by atoms with Gasteiger partial charge in [0.1, 0.15) is 12.6 Å². The third-order valence-electron chi connectivity index (χ3n) is 7.85. The van der Waals surface area contributed by atoms with Crippen LogP contribution in [-0.4, -0.2) is 53.7 Å². The normalized spacial score (nSPS) is 18.3. The Hall–Kier alpha value is -3.35. The lowest BCUT2D eigenvalue weighted by Crippen LogP contribution is -2.70. The van der Waals surface area contributed by atoms with Gasteiger partial charge in [-0.1, -0.05) is 76.2 Å². The molecule has 1 atom stereocenters. The number of carbonyl (C=O) groups is 3. The largest absolute Gasteiger partial charge is 0.480 e. The molecule has 4 rings (SSSR count). The number of amides is 2. The number of rotatable bonds is 8. The highest BCUT2D eigenvalue weighted by Crippen LogP contribution is 2.45. The summed E-state index contributed by atoms with van der Waals surface area (Å²) >= 11 is 0. The SMILES string of the molecule is CCC(CC)(CNC(=O)OCC1c2ccccc2-c2ccccc21)C(=O)N1CC(C)(C)C1C(=O)O. The second kappa shape index (κ2) is 9.36. The minimum absolute atomic E-state index is 0.0449. The summed E-state index contributed by atoms with van der Waals surface area (Å²) in [6.07, 6.45) is 0.384. The zero-order chi connectivity index (χ0) is 25.4. The van der Waals surface area contributed by atoms with Gasteiger partial charge in [0.15, 0.2) is 0 Å². The first-order valence-corrected chi connectivity index (χ1v) is 12.3. The maximum absolute atomic E-state index is 13.4. The minimum Gasteiger partial charge on any atom is -0.480 e. The van der Waals surface area contributed by atoms with E-state index in [1.165, 1.54) is 4.90 Å². The molecule has 1 aliphatic carbocycles. The molecule has 2 amide bonds. The van der Waals surface area contributed by atoms with Crippen LogP contribution in [0.25, 0.3) is 11.1 Å². The lowest BCUT2D eigenvalue weighted by atomic mass is 9.71. The van der Waals surface area contributed by atoms with Crippen molar-refractivity contribution in [3.05, 3.63) is 59.7 Å².